The maximum Gasteiger partial charge on any atom is 0.0304 e. The topological polar surface area (TPSA) is 26.0 Å². The van der Waals surface area contributed by atoms with Crippen molar-refractivity contribution in [2.75, 3.05) is 0 Å². The van der Waals surface area contributed by atoms with Crippen LogP contribution in [0.3, 0.4) is 0 Å². The van der Waals surface area contributed by atoms with E-state index >= 15 is 0 Å². The fourth-order valence-corrected chi connectivity index (χ4v) is 3.48. The van der Waals surface area contributed by atoms with Crippen molar-refractivity contribution in [2.45, 2.75) is 25.3 Å². The van der Waals surface area contributed by atoms with E-state index in [4.69, 9.17) is 5.73 Å². The lowest BCUT2D eigenvalue weighted by molar-refractivity contribution is 0.709. The van der Waals surface area contributed by atoms with Gasteiger partial charge in [-0.1, -0.05) is 48.6 Å². The van der Waals surface area contributed by atoms with Crippen molar-refractivity contribution >= 4 is 16.3 Å². The second-order valence-corrected chi connectivity index (χ2v) is 5.50. The second-order valence-electron chi connectivity index (χ2n) is 5.50. The van der Waals surface area contributed by atoms with E-state index < -0.39 is 0 Å². The molecule has 0 aromatic heterocycles. The molecule has 2 N–H and O–H groups in total. The van der Waals surface area contributed by atoms with Gasteiger partial charge in [0.25, 0.3) is 0 Å². The van der Waals surface area contributed by atoms with E-state index in [1.807, 2.05) is 0 Å². The van der Waals surface area contributed by atoms with Crippen LogP contribution in [0.15, 0.2) is 54.1 Å². The van der Waals surface area contributed by atoms with Gasteiger partial charge in [-0.25, -0.2) is 0 Å². The molecule has 0 fully saturated rings. The molecule has 2 aromatic rings. The molecule has 0 saturated heterocycles. The maximum absolute atomic E-state index is 6.40. The highest BCUT2D eigenvalue weighted by Crippen LogP contribution is 2.39. The molecule has 0 heterocycles. The van der Waals surface area contributed by atoms with Crippen molar-refractivity contribution < 1.29 is 0 Å². The fourth-order valence-electron chi connectivity index (χ4n) is 3.48. The van der Waals surface area contributed by atoms with Gasteiger partial charge in [0.1, 0.15) is 0 Å². The molecule has 0 bridgehead atoms. The normalized spacial score (nSPS) is 21.4. The standard InChI is InChI=1S/C18H17N/c19-18-11-17-13-6-2-1-5-12(13)9-10-15(17)14-7-3-4-8-16(14)18/h1-3,5-7,9-10,18H,4,8,11,19H2. The Kier molecular flexibility index (Phi) is 2.36. The average molecular weight is 247 g/mol. The van der Waals surface area contributed by atoms with Gasteiger partial charge in [0.05, 0.1) is 0 Å². The van der Waals surface area contributed by atoms with E-state index in [9.17, 15) is 0 Å². The Bertz CT molecular complexity index is 722. The number of hydrogen-bond donors (Lipinski definition) is 1. The highest BCUT2D eigenvalue weighted by molar-refractivity contribution is 5.94. The number of hydrogen-bond acceptors (Lipinski definition) is 1. The molecule has 94 valence electrons. The molecular weight excluding hydrogens is 230 g/mol. The Morgan fingerprint density at radius 1 is 1.05 bits per heavy atom. The molecule has 1 heteroatoms. The smallest absolute Gasteiger partial charge is 0.0304 e. The van der Waals surface area contributed by atoms with Crippen molar-refractivity contribution in [1.82, 2.24) is 0 Å². The first kappa shape index (κ1) is 11.0. The lowest BCUT2D eigenvalue weighted by atomic mass is 9.77. The summed E-state index contributed by atoms with van der Waals surface area (Å²) in [6, 6.07) is 13.3. The molecule has 0 spiro atoms. The monoisotopic (exact) mass is 247 g/mol. The van der Waals surface area contributed by atoms with E-state index in [-0.39, 0.29) is 6.04 Å². The van der Waals surface area contributed by atoms with Gasteiger partial charge in [-0.2, -0.15) is 0 Å². The highest BCUT2D eigenvalue weighted by Gasteiger charge is 2.25. The lowest BCUT2D eigenvalue weighted by Gasteiger charge is -2.30. The molecule has 0 radical (unpaired) electrons. The van der Waals surface area contributed by atoms with Crippen molar-refractivity contribution in [1.29, 1.82) is 0 Å². The number of fused-ring (bicyclic) bond motifs is 4. The van der Waals surface area contributed by atoms with Crippen LogP contribution < -0.4 is 5.73 Å². The minimum absolute atomic E-state index is 0.193. The van der Waals surface area contributed by atoms with Gasteiger partial charge in [0.15, 0.2) is 0 Å². The van der Waals surface area contributed by atoms with Gasteiger partial charge in [-0.3, -0.25) is 0 Å². The van der Waals surface area contributed by atoms with Gasteiger partial charge in [-0.05, 0) is 52.3 Å². The predicted molar refractivity (Wildman–Crippen MR) is 80.9 cm³/mol. The first-order chi connectivity index (χ1) is 9.34. The van der Waals surface area contributed by atoms with Crippen LogP contribution in [-0.4, -0.2) is 6.04 Å². The summed E-state index contributed by atoms with van der Waals surface area (Å²) in [6.07, 6.45) is 7.78. The van der Waals surface area contributed by atoms with Crippen LogP contribution in [0, 0.1) is 0 Å². The van der Waals surface area contributed by atoms with Crippen LogP contribution in [0.1, 0.15) is 24.0 Å². The first-order valence-electron chi connectivity index (χ1n) is 7.01. The van der Waals surface area contributed by atoms with Crippen LogP contribution >= 0.6 is 0 Å². The van der Waals surface area contributed by atoms with Crippen LogP contribution in [0.4, 0.5) is 0 Å². The third kappa shape index (κ3) is 1.58. The van der Waals surface area contributed by atoms with Gasteiger partial charge in [0, 0.05) is 6.04 Å². The van der Waals surface area contributed by atoms with Crippen LogP contribution in [0.25, 0.3) is 16.3 Å². The van der Waals surface area contributed by atoms with Crippen LogP contribution in [-0.2, 0) is 6.42 Å². The minimum Gasteiger partial charge on any atom is -0.324 e. The zero-order valence-corrected chi connectivity index (χ0v) is 10.9. The van der Waals surface area contributed by atoms with Gasteiger partial charge in [0.2, 0.25) is 0 Å². The molecular formula is C18H17N. The summed E-state index contributed by atoms with van der Waals surface area (Å²) in [4.78, 5) is 0. The number of rotatable bonds is 0. The number of benzene rings is 2. The largest absolute Gasteiger partial charge is 0.324 e. The molecule has 0 amide bonds. The quantitative estimate of drug-likeness (QED) is 0.752. The Morgan fingerprint density at radius 2 is 1.95 bits per heavy atom. The summed E-state index contributed by atoms with van der Waals surface area (Å²) in [6.45, 7) is 0. The van der Waals surface area contributed by atoms with Gasteiger partial charge in [-0.15, -0.1) is 0 Å². The third-order valence-electron chi connectivity index (χ3n) is 4.41. The zero-order valence-electron chi connectivity index (χ0n) is 10.9. The molecule has 0 aliphatic heterocycles. The molecule has 4 rings (SSSR count). The summed E-state index contributed by atoms with van der Waals surface area (Å²) < 4.78 is 0. The van der Waals surface area contributed by atoms with E-state index in [1.165, 1.54) is 33.0 Å². The Hall–Kier alpha value is -1.86. The Balaban J connectivity index is 2.04. The molecule has 2 aliphatic carbocycles. The van der Waals surface area contributed by atoms with Crippen molar-refractivity contribution in [3.63, 3.8) is 0 Å². The first-order valence-corrected chi connectivity index (χ1v) is 7.01. The van der Waals surface area contributed by atoms with E-state index in [1.54, 1.807) is 0 Å². The van der Waals surface area contributed by atoms with Gasteiger partial charge >= 0.3 is 0 Å². The minimum atomic E-state index is 0.193. The summed E-state index contributed by atoms with van der Waals surface area (Å²) in [5.74, 6) is 0. The van der Waals surface area contributed by atoms with E-state index in [0.29, 0.717) is 0 Å². The molecule has 1 nitrogen and oxygen atoms in total. The van der Waals surface area contributed by atoms with Crippen molar-refractivity contribution in [3.8, 4) is 0 Å². The number of nitrogens with two attached hydrogens (primary N) is 1. The third-order valence-corrected chi connectivity index (χ3v) is 4.41. The van der Waals surface area contributed by atoms with Crippen LogP contribution in [0.5, 0.6) is 0 Å². The summed E-state index contributed by atoms with van der Waals surface area (Å²) in [5, 5.41) is 2.68. The zero-order chi connectivity index (χ0) is 12.8. The molecule has 0 saturated carbocycles. The SMILES string of the molecule is NC1Cc2c(ccc3ccccc23)C2=C1CCC=C2. The second kappa shape index (κ2) is 4.07. The summed E-state index contributed by atoms with van der Waals surface area (Å²) >= 11 is 0. The van der Waals surface area contributed by atoms with Crippen molar-refractivity contribution in [3.05, 3.63) is 65.3 Å². The molecule has 19 heavy (non-hydrogen) atoms. The van der Waals surface area contributed by atoms with E-state index in [0.717, 1.165) is 19.3 Å². The molecule has 2 aromatic carbocycles. The molecule has 1 unspecified atom stereocenters. The summed E-state index contributed by atoms with van der Waals surface area (Å²) in [5.41, 5.74) is 12.1. The Labute approximate surface area is 113 Å². The predicted octanol–water partition coefficient (Wildman–Crippen LogP) is 3.83. The number of allylic oxidation sites excluding steroid dienone is 3. The summed E-state index contributed by atoms with van der Waals surface area (Å²) in [7, 11) is 0. The van der Waals surface area contributed by atoms with Gasteiger partial charge < -0.3 is 5.73 Å². The Morgan fingerprint density at radius 3 is 2.89 bits per heavy atom. The molecule has 1 atom stereocenters. The lowest BCUT2D eigenvalue weighted by Crippen LogP contribution is -2.30. The average Bonchev–Trinajstić information content (AvgIpc) is 2.47. The van der Waals surface area contributed by atoms with Crippen LogP contribution in [0.2, 0.25) is 0 Å². The fraction of sp³-hybridized carbons (Fsp3) is 0.222. The highest BCUT2D eigenvalue weighted by atomic mass is 14.6. The van der Waals surface area contributed by atoms with Crippen molar-refractivity contribution in [2.24, 2.45) is 5.73 Å². The maximum atomic E-state index is 6.40. The molecule has 2 aliphatic rings. The van der Waals surface area contributed by atoms with E-state index in [2.05, 4.69) is 48.6 Å².